The number of thioether (sulfide) groups is 1. The third-order valence-electron chi connectivity index (χ3n) is 4.89. The Morgan fingerprint density at radius 2 is 2.04 bits per heavy atom. The summed E-state index contributed by atoms with van der Waals surface area (Å²) in [5.74, 6) is 1.78. The van der Waals surface area contributed by atoms with Gasteiger partial charge in [0.25, 0.3) is 5.56 Å². The van der Waals surface area contributed by atoms with Crippen LogP contribution in [0.2, 0.25) is 0 Å². The van der Waals surface area contributed by atoms with Crippen LogP contribution in [0.15, 0.2) is 40.3 Å². The van der Waals surface area contributed by atoms with E-state index >= 15 is 0 Å². The van der Waals surface area contributed by atoms with Crippen LogP contribution >= 0.6 is 23.1 Å². The molecule has 4 nitrogen and oxygen atoms in total. The van der Waals surface area contributed by atoms with Gasteiger partial charge < -0.3 is 4.74 Å². The Morgan fingerprint density at radius 1 is 1.22 bits per heavy atom. The summed E-state index contributed by atoms with van der Waals surface area (Å²) in [5, 5.41) is 1.72. The number of rotatable bonds is 7. The van der Waals surface area contributed by atoms with Crippen LogP contribution in [0.25, 0.3) is 10.2 Å². The highest BCUT2D eigenvalue weighted by atomic mass is 32.2. The molecule has 4 rings (SSSR count). The lowest BCUT2D eigenvalue weighted by atomic mass is 9.97. The van der Waals surface area contributed by atoms with E-state index in [9.17, 15) is 4.79 Å². The standard InChI is InChI=1S/C21H24N2O2S2/c1-2-23-20(24)18-16-11-6-7-12-17(16)27-19(18)22-21(23)26-14-8-13-25-15-9-4-3-5-10-15/h3-5,9-10H,2,6-8,11-14H2,1H3. The Labute approximate surface area is 167 Å². The Balaban J connectivity index is 1.47. The second-order valence-corrected chi connectivity index (χ2v) is 8.84. The molecule has 3 aromatic rings. The summed E-state index contributed by atoms with van der Waals surface area (Å²) < 4.78 is 7.59. The van der Waals surface area contributed by atoms with Crippen LogP contribution in [-0.4, -0.2) is 21.9 Å². The van der Waals surface area contributed by atoms with Gasteiger partial charge in [0.05, 0.1) is 12.0 Å². The molecule has 0 radical (unpaired) electrons. The number of aromatic nitrogens is 2. The molecule has 1 aliphatic rings. The molecule has 0 spiro atoms. The Morgan fingerprint density at radius 3 is 2.85 bits per heavy atom. The summed E-state index contributed by atoms with van der Waals surface area (Å²) in [4.78, 5) is 20.3. The fraction of sp³-hybridized carbons (Fsp3) is 0.429. The molecule has 0 amide bonds. The van der Waals surface area contributed by atoms with Gasteiger partial charge in [-0.1, -0.05) is 30.0 Å². The summed E-state index contributed by atoms with van der Waals surface area (Å²) in [6.07, 6.45) is 5.45. The number of ether oxygens (including phenoxy) is 1. The first kappa shape index (κ1) is 18.6. The predicted octanol–water partition coefficient (Wildman–Crippen LogP) is 4.92. The highest BCUT2D eigenvalue weighted by Gasteiger charge is 2.21. The van der Waals surface area contributed by atoms with Crippen LogP contribution in [0, 0.1) is 0 Å². The Bertz CT molecular complexity index is 979. The molecule has 27 heavy (non-hydrogen) atoms. The molecule has 0 saturated heterocycles. The van der Waals surface area contributed by atoms with E-state index in [2.05, 4.69) is 0 Å². The lowest BCUT2D eigenvalue weighted by Crippen LogP contribution is -2.23. The molecular weight excluding hydrogens is 376 g/mol. The van der Waals surface area contributed by atoms with Crippen molar-refractivity contribution in [1.29, 1.82) is 0 Å². The summed E-state index contributed by atoms with van der Waals surface area (Å²) in [6, 6.07) is 9.87. The fourth-order valence-corrected chi connectivity index (χ4v) is 5.82. The van der Waals surface area contributed by atoms with Gasteiger partial charge in [-0.3, -0.25) is 9.36 Å². The largest absolute Gasteiger partial charge is 0.494 e. The Kier molecular flexibility index (Phi) is 5.83. The highest BCUT2D eigenvalue weighted by molar-refractivity contribution is 7.99. The van der Waals surface area contributed by atoms with Gasteiger partial charge in [-0.2, -0.15) is 0 Å². The van der Waals surface area contributed by atoms with E-state index < -0.39 is 0 Å². The average molecular weight is 401 g/mol. The molecule has 6 heteroatoms. The number of benzene rings is 1. The monoisotopic (exact) mass is 400 g/mol. The number of fused-ring (bicyclic) bond motifs is 3. The maximum Gasteiger partial charge on any atom is 0.263 e. The van der Waals surface area contributed by atoms with Gasteiger partial charge in [0.1, 0.15) is 10.6 Å². The molecule has 0 aliphatic heterocycles. The minimum Gasteiger partial charge on any atom is -0.494 e. The van der Waals surface area contributed by atoms with Crippen LogP contribution in [0.4, 0.5) is 0 Å². The van der Waals surface area contributed by atoms with Crippen LogP contribution in [-0.2, 0) is 19.4 Å². The average Bonchev–Trinajstić information content (AvgIpc) is 3.07. The molecule has 0 unspecified atom stereocenters. The lowest BCUT2D eigenvalue weighted by Gasteiger charge is -2.12. The van der Waals surface area contributed by atoms with E-state index in [0.717, 1.165) is 46.1 Å². The molecule has 0 saturated carbocycles. The summed E-state index contributed by atoms with van der Waals surface area (Å²) >= 11 is 3.39. The maximum absolute atomic E-state index is 13.1. The van der Waals surface area contributed by atoms with Crippen molar-refractivity contribution in [3.63, 3.8) is 0 Å². The first-order valence-electron chi connectivity index (χ1n) is 9.63. The minimum absolute atomic E-state index is 0.143. The molecule has 1 aromatic carbocycles. The summed E-state index contributed by atoms with van der Waals surface area (Å²) in [5.41, 5.74) is 1.42. The van der Waals surface area contributed by atoms with Gasteiger partial charge >= 0.3 is 0 Å². The van der Waals surface area contributed by atoms with Crippen molar-refractivity contribution >= 4 is 33.3 Å². The quantitative estimate of drug-likeness (QED) is 0.321. The molecule has 2 heterocycles. The molecule has 0 atom stereocenters. The van der Waals surface area contributed by atoms with Crippen molar-refractivity contribution in [3.8, 4) is 5.75 Å². The zero-order valence-electron chi connectivity index (χ0n) is 15.6. The molecule has 1 aliphatic carbocycles. The number of para-hydroxylation sites is 1. The van der Waals surface area contributed by atoms with Crippen molar-refractivity contribution < 1.29 is 4.74 Å². The Hall–Kier alpha value is -1.79. The third-order valence-corrected chi connectivity index (χ3v) is 7.14. The number of hydrogen-bond acceptors (Lipinski definition) is 5. The predicted molar refractivity (Wildman–Crippen MR) is 113 cm³/mol. The number of nitrogens with zero attached hydrogens (tertiary/aromatic N) is 2. The maximum atomic E-state index is 13.1. The van der Waals surface area contributed by atoms with Crippen LogP contribution in [0.3, 0.4) is 0 Å². The number of thiophene rings is 1. The van der Waals surface area contributed by atoms with Crippen molar-refractivity contribution in [2.24, 2.45) is 0 Å². The SMILES string of the molecule is CCn1c(SCCCOc2ccccc2)nc2sc3c(c2c1=O)CCCC3. The van der Waals surface area contributed by atoms with E-state index in [0.29, 0.717) is 13.2 Å². The lowest BCUT2D eigenvalue weighted by molar-refractivity contribution is 0.318. The normalized spacial score (nSPS) is 13.7. The molecule has 0 N–H and O–H groups in total. The van der Waals surface area contributed by atoms with Crippen molar-refractivity contribution in [2.75, 3.05) is 12.4 Å². The molecule has 142 valence electrons. The highest BCUT2D eigenvalue weighted by Crippen LogP contribution is 2.34. The number of hydrogen-bond donors (Lipinski definition) is 0. The van der Waals surface area contributed by atoms with Crippen LogP contribution < -0.4 is 10.3 Å². The first-order valence-corrected chi connectivity index (χ1v) is 11.4. The number of aryl methyl sites for hydroxylation is 2. The van der Waals surface area contributed by atoms with Crippen molar-refractivity contribution in [1.82, 2.24) is 9.55 Å². The van der Waals surface area contributed by atoms with Crippen molar-refractivity contribution in [3.05, 3.63) is 51.1 Å². The molecule has 0 fully saturated rings. The zero-order valence-corrected chi connectivity index (χ0v) is 17.2. The second-order valence-electron chi connectivity index (χ2n) is 6.70. The van der Waals surface area contributed by atoms with Gasteiger partial charge in [0.15, 0.2) is 5.16 Å². The van der Waals surface area contributed by atoms with E-state index in [1.165, 1.54) is 23.3 Å². The smallest absolute Gasteiger partial charge is 0.263 e. The minimum atomic E-state index is 0.143. The van der Waals surface area contributed by atoms with E-state index in [1.54, 1.807) is 23.1 Å². The zero-order chi connectivity index (χ0) is 18.6. The topological polar surface area (TPSA) is 44.1 Å². The van der Waals surface area contributed by atoms with Gasteiger partial charge in [-0.05, 0) is 56.7 Å². The molecule has 2 aromatic heterocycles. The second kappa shape index (κ2) is 8.48. The summed E-state index contributed by atoms with van der Waals surface area (Å²) in [6.45, 7) is 3.36. The van der Waals surface area contributed by atoms with Gasteiger partial charge in [0.2, 0.25) is 0 Å². The van der Waals surface area contributed by atoms with Gasteiger partial charge in [0, 0.05) is 17.2 Å². The van der Waals surface area contributed by atoms with E-state index in [4.69, 9.17) is 9.72 Å². The summed E-state index contributed by atoms with van der Waals surface area (Å²) in [7, 11) is 0. The van der Waals surface area contributed by atoms with E-state index in [1.807, 2.05) is 41.8 Å². The van der Waals surface area contributed by atoms with Gasteiger partial charge in [-0.25, -0.2) is 4.98 Å². The van der Waals surface area contributed by atoms with E-state index in [-0.39, 0.29) is 5.56 Å². The molecular formula is C21H24N2O2S2. The van der Waals surface area contributed by atoms with Crippen molar-refractivity contribution in [2.45, 2.75) is 50.7 Å². The van der Waals surface area contributed by atoms with Crippen LogP contribution in [0.1, 0.15) is 36.6 Å². The first-order chi connectivity index (χ1) is 13.3. The van der Waals surface area contributed by atoms with Crippen LogP contribution in [0.5, 0.6) is 5.75 Å². The fourth-order valence-electron chi connectivity index (χ4n) is 3.54. The van der Waals surface area contributed by atoms with Gasteiger partial charge in [-0.15, -0.1) is 11.3 Å². The molecule has 0 bridgehead atoms. The third kappa shape index (κ3) is 3.92.